The van der Waals surface area contributed by atoms with Gasteiger partial charge < -0.3 is 20.1 Å². The summed E-state index contributed by atoms with van der Waals surface area (Å²) in [7, 11) is 2.91. The molecule has 0 atom stereocenters. The Morgan fingerprint density at radius 3 is 2.10 bits per heavy atom. The molecule has 0 aliphatic rings. The van der Waals surface area contributed by atoms with Crippen LogP contribution in [-0.2, 0) is 4.79 Å². The van der Waals surface area contributed by atoms with Gasteiger partial charge in [-0.05, 0) is 20.8 Å². The summed E-state index contributed by atoms with van der Waals surface area (Å²) >= 11 is 0. The molecule has 0 aromatic carbocycles. The maximum absolute atomic E-state index is 11.6. The van der Waals surface area contributed by atoms with E-state index in [0.29, 0.717) is 18.9 Å². The SMILES string of the molecule is COc1nc(NCCC(=O)NC(C)(C)C)nc(OC)n1. The fraction of sp³-hybridized carbons (Fsp3) is 0.667. The van der Waals surface area contributed by atoms with Crippen LogP contribution in [0.2, 0.25) is 0 Å². The Morgan fingerprint density at radius 2 is 1.65 bits per heavy atom. The highest BCUT2D eigenvalue weighted by molar-refractivity contribution is 5.77. The molecule has 0 fully saturated rings. The first kappa shape index (κ1) is 15.9. The molecule has 1 aromatic rings. The molecule has 112 valence electrons. The highest BCUT2D eigenvalue weighted by Gasteiger charge is 2.13. The number of hydrogen-bond acceptors (Lipinski definition) is 7. The van der Waals surface area contributed by atoms with E-state index in [4.69, 9.17) is 9.47 Å². The Hall–Kier alpha value is -2.12. The number of methoxy groups -OCH3 is 2. The van der Waals surface area contributed by atoms with Gasteiger partial charge in [-0.3, -0.25) is 4.79 Å². The zero-order valence-corrected chi connectivity index (χ0v) is 12.5. The molecule has 1 aromatic heterocycles. The third-order valence-electron chi connectivity index (χ3n) is 2.11. The van der Waals surface area contributed by atoms with E-state index in [1.165, 1.54) is 14.2 Å². The Labute approximate surface area is 118 Å². The molecular formula is C12H21N5O3. The maximum Gasteiger partial charge on any atom is 0.324 e. The van der Waals surface area contributed by atoms with Gasteiger partial charge in [0.15, 0.2) is 0 Å². The summed E-state index contributed by atoms with van der Waals surface area (Å²) in [6, 6.07) is 0.303. The van der Waals surface area contributed by atoms with Crippen molar-refractivity contribution >= 4 is 11.9 Å². The van der Waals surface area contributed by atoms with Crippen LogP contribution in [-0.4, -0.2) is 47.2 Å². The minimum atomic E-state index is -0.239. The van der Waals surface area contributed by atoms with Crippen LogP contribution < -0.4 is 20.1 Å². The van der Waals surface area contributed by atoms with Crippen LogP contribution in [0.15, 0.2) is 0 Å². The summed E-state index contributed by atoms with van der Waals surface area (Å²) in [5, 5.41) is 5.80. The monoisotopic (exact) mass is 283 g/mol. The minimum absolute atomic E-state index is 0.0435. The minimum Gasteiger partial charge on any atom is -0.467 e. The van der Waals surface area contributed by atoms with Gasteiger partial charge >= 0.3 is 12.0 Å². The number of rotatable bonds is 6. The van der Waals surface area contributed by atoms with Crippen LogP contribution in [0, 0.1) is 0 Å². The van der Waals surface area contributed by atoms with Crippen molar-refractivity contribution in [2.75, 3.05) is 26.1 Å². The Morgan fingerprint density at radius 1 is 1.10 bits per heavy atom. The number of carbonyl (C=O) groups excluding carboxylic acids is 1. The van der Waals surface area contributed by atoms with Crippen molar-refractivity contribution < 1.29 is 14.3 Å². The summed E-state index contributed by atoms with van der Waals surface area (Å²) in [5.74, 6) is 0.259. The average molecular weight is 283 g/mol. The summed E-state index contributed by atoms with van der Waals surface area (Å²) < 4.78 is 9.86. The predicted octanol–water partition coefficient (Wildman–Crippen LogP) is 0.605. The van der Waals surface area contributed by atoms with Crippen LogP contribution in [0.1, 0.15) is 27.2 Å². The van der Waals surface area contributed by atoms with Gasteiger partial charge in [-0.2, -0.15) is 9.97 Å². The lowest BCUT2D eigenvalue weighted by Crippen LogP contribution is -2.41. The second-order valence-corrected chi connectivity index (χ2v) is 5.11. The molecule has 0 aliphatic carbocycles. The van der Waals surface area contributed by atoms with E-state index in [0.717, 1.165) is 0 Å². The van der Waals surface area contributed by atoms with Gasteiger partial charge in [-0.25, -0.2) is 0 Å². The molecule has 0 unspecified atom stereocenters. The van der Waals surface area contributed by atoms with E-state index in [-0.39, 0.29) is 23.5 Å². The van der Waals surface area contributed by atoms with Crippen molar-refractivity contribution in [1.82, 2.24) is 20.3 Å². The van der Waals surface area contributed by atoms with E-state index in [9.17, 15) is 4.79 Å². The standard InChI is InChI=1S/C12H21N5O3/c1-12(2,3)17-8(18)6-7-13-9-14-10(19-4)16-11(15-9)20-5/h6-7H2,1-5H3,(H,17,18)(H,13,14,15,16). The summed E-state index contributed by atoms with van der Waals surface area (Å²) in [6.07, 6.45) is 0.313. The molecule has 1 heterocycles. The molecule has 8 heteroatoms. The largest absolute Gasteiger partial charge is 0.467 e. The van der Waals surface area contributed by atoms with Gasteiger partial charge in [0.25, 0.3) is 0 Å². The van der Waals surface area contributed by atoms with Crippen LogP contribution in [0.3, 0.4) is 0 Å². The fourth-order valence-corrected chi connectivity index (χ4v) is 1.37. The quantitative estimate of drug-likeness (QED) is 0.789. The van der Waals surface area contributed by atoms with Gasteiger partial charge in [0.2, 0.25) is 11.9 Å². The van der Waals surface area contributed by atoms with Crippen molar-refractivity contribution in [3.63, 3.8) is 0 Å². The van der Waals surface area contributed by atoms with Crippen LogP contribution in [0.5, 0.6) is 12.0 Å². The highest BCUT2D eigenvalue weighted by atomic mass is 16.5. The Balaban J connectivity index is 2.51. The van der Waals surface area contributed by atoms with E-state index >= 15 is 0 Å². The molecule has 0 saturated carbocycles. The van der Waals surface area contributed by atoms with Crippen LogP contribution >= 0.6 is 0 Å². The van der Waals surface area contributed by atoms with Gasteiger partial charge in [-0.1, -0.05) is 0 Å². The Kier molecular flexibility index (Phi) is 5.48. The van der Waals surface area contributed by atoms with Crippen molar-refractivity contribution in [3.05, 3.63) is 0 Å². The lowest BCUT2D eigenvalue weighted by molar-refractivity contribution is -0.122. The second kappa shape index (κ2) is 6.88. The molecule has 1 amide bonds. The number of ether oxygens (including phenoxy) is 2. The first-order valence-corrected chi connectivity index (χ1v) is 6.23. The molecule has 1 rings (SSSR count). The number of aromatic nitrogens is 3. The van der Waals surface area contributed by atoms with E-state index in [1.807, 2.05) is 20.8 Å². The third kappa shape index (κ3) is 5.68. The zero-order valence-electron chi connectivity index (χ0n) is 12.5. The van der Waals surface area contributed by atoms with Gasteiger partial charge in [-0.15, -0.1) is 4.98 Å². The van der Waals surface area contributed by atoms with Crippen molar-refractivity contribution in [2.45, 2.75) is 32.7 Å². The van der Waals surface area contributed by atoms with E-state index < -0.39 is 0 Å². The number of anilines is 1. The molecule has 2 N–H and O–H groups in total. The van der Waals surface area contributed by atoms with Crippen molar-refractivity contribution in [1.29, 1.82) is 0 Å². The Bertz CT molecular complexity index is 437. The number of amides is 1. The lowest BCUT2D eigenvalue weighted by Gasteiger charge is -2.20. The molecule has 0 spiro atoms. The summed E-state index contributed by atoms with van der Waals surface area (Å²) in [5.41, 5.74) is -0.239. The molecular weight excluding hydrogens is 262 g/mol. The molecule has 8 nitrogen and oxygen atoms in total. The van der Waals surface area contributed by atoms with Crippen molar-refractivity contribution in [2.24, 2.45) is 0 Å². The fourth-order valence-electron chi connectivity index (χ4n) is 1.37. The molecule has 20 heavy (non-hydrogen) atoms. The first-order valence-electron chi connectivity index (χ1n) is 6.23. The van der Waals surface area contributed by atoms with Crippen molar-refractivity contribution in [3.8, 4) is 12.0 Å². The normalized spacial score (nSPS) is 10.8. The van der Waals surface area contributed by atoms with Crippen LogP contribution in [0.4, 0.5) is 5.95 Å². The number of hydrogen-bond donors (Lipinski definition) is 2. The molecule has 0 bridgehead atoms. The van der Waals surface area contributed by atoms with Gasteiger partial charge in [0.1, 0.15) is 0 Å². The van der Waals surface area contributed by atoms with Crippen LogP contribution in [0.25, 0.3) is 0 Å². The lowest BCUT2D eigenvalue weighted by atomic mass is 10.1. The zero-order chi connectivity index (χ0) is 15.2. The molecule has 0 aliphatic heterocycles. The highest BCUT2D eigenvalue weighted by Crippen LogP contribution is 2.11. The summed E-state index contributed by atoms with van der Waals surface area (Å²) in [4.78, 5) is 23.5. The predicted molar refractivity (Wildman–Crippen MR) is 73.9 cm³/mol. The summed E-state index contributed by atoms with van der Waals surface area (Å²) in [6.45, 7) is 6.19. The first-order chi connectivity index (χ1) is 9.34. The molecule has 0 saturated heterocycles. The maximum atomic E-state index is 11.6. The third-order valence-corrected chi connectivity index (χ3v) is 2.11. The second-order valence-electron chi connectivity index (χ2n) is 5.11. The topological polar surface area (TPSA) is 98.3 Å². The van der Waals surface area contributed by atoms with E-state index in [1.54, 1.807) is 0 Å². The average Bonchev–Trinajstić information content (AvgIpc) is 2.36. The number of nitrogens with one attached hydrogen (secondary N) is 2. The molecule has 0 radical (unpaired) electrons. The number of nitrogens with zero attached hydrogens (tertiary/aromatic N) is 3. The number of carbonyl (C=O) groups is 1. The van der Waals surface area contributed by atoms with E-state index in [2.05, 4.69) is 25.6 Å². The smallest absolute Gasteiger partial charge is 0.324 e. The van der Waals surface area contributed by atoms with Gasteiger partial charge in [0.05, 0.1) is 14.2 Å². The van der Waals surface area contributed by atoms with Gasteiger partial charge in [0, 0.05) is 18.5 Å².